The molecule has 0 saturated carbocycles. The van der Waals surface area contributed by atoms with Gasteiger partial charge in [-0.2, -0.15) is 10.2 Å². The number of H-pyrrole nitrogens is 1. The van der Waals surface area contributed by atoms with E-state index in [0.717, 1.165) is 6.42 Å². The van der Waals surface area contributed by atoms with Gasteiger partial charge in [-0.05, 0) is 25.0 Å². The monoisotopic (exact) mass is 266 g/mol. The Bertz CT molecular complexity index is 363. The van der Waals surface area contributed by atoms with Crippen molar-refractivity contribution in [1.29, 1.82) is 0 Å². The lowest BCUT2D eigenvalue weighted by atomic mass is 10.2. The molecule has 1 N–H and O–H groups in total. The fraction of sp³-hybridized carbons (Fsp3) is 0.600. The van der Waals surface area contributed by atoms with Crippen molar-refractivity contribution in [2.24, 2.45) is 7.05 Å². The summed E-state index contributed by atoms with van der Waals surface area (Å²) in [6, 6.07) is 1.89. The average molecular weight is 266 g/mol. The summed E-state index contributed by atoms with van der Waals surface area (Å²) >= 11 is 0. The molecule has 0 aliphatic heterocycles. The first-order valence-electron chi connectivity index (χ1n) is 7.16. The molecule has 0 fully saturated rings. The second-order valence-electron chi connectivity index (χ2n) is 3.45. The van der Waals surface area contributed by atoms with Crippen LogP contribution in [-0.4, -0.2) is 20.0 Å². The summed E-state index contributed by atoms with van der Waals surface area (Å²) in [5.74, 6) is 0. The quantitative estimate of drug-likeness (QED) is 0.887. The smallest absolute Gasteiger partial charge is 0.0522 e. The van der Waals surface area contributed by atoms with E-state index in [2.05, 4.69) is 29.1 Å². The molecule has 2 aromatic rings. The van der Waals surface area contributed by atoms with Gasteiger partial charge >= 0.3 is 0 Å². The van der Waals surface area contributed by atoms with Gasteiger partial charge in [0.2, 0.25) is 0 Å². The van der Waals surface area contributed by atoms with E-state index in [-0.39, 0.29) is 0 Å². The second-order valence-corrected chi connectivity index (χ2v) is 3.45. The SMILES string of the molecule is CC.CC.CCCc1cn[nH]c1C.Cn1cccn1. The molecule has 110 valence electrons. The highest BCUT2D eigenvalue weighted by atomic mass is 15.2. The number of nitrogens with one attached hydrogen (secondary N) is 1. The molecule has 0 saturated heterocycles. The highest BCUT2D eigenvalue weighted by Crippen LogP contribution is 2.04. The Hall–Kier alpha value is -1.58. The third-order valence-corrected chi connectivity index (χ3v) is 2.09. The molecule has 0 atom stereocenters. The van der Waals surface area contributed by atoms with Crippen LogP contribution in [0.2, 0.25) is 0 Å². The van der Waals surface area contributed by atoms with Gasteiger partial charge in [-0.3, -0.25) is 9.78 Å². The van der Waals surface area contributed by atoms with Crippen LogP contribution in [0.25, 0.3) is 0 Å². The lowest BCUT2D eigenvalue weighted by Crippen LogP contribution is -1.83. The summed E-state index contributed by atoms with van der Waals surface area (Å²) in [6.07, 6.45) is 7.88. The van der Waals surface area contributed by atoms with Gasteiger partial charge in [0.25, 0.3) is 0 Å². The van der Waals surface area contributed by atoms with Crippen LogP contribution in [0.5, 0.6) is 0 Å². The summed E-state index contributed by atoms with van der Waals surface area (Å²) < 4.78 is 1.75. The van der Waals surface area contributed by atoms with Gasteiger partial charge in [0, 0.05) is 25.1 Å². The fourth-order valence-electron chi connectivity index (χ4n) is 1.24. The van der Waals surface area contributed by atoms with Crippen molar-refractivity contribution >= 4 is 0 Å². The van der Waals surface area contributed by atoms with Crippen LogP contribution in [-0.2, 0) is 13.5 Å². The van der Waals surface area contributed by atoms with Gasteiger partial charge in [-0.1, -0.05) is 41.0 Å². The Morgan fingerprint density at radius 3 is 2.11 bits per heavy atom. The molecule has 0 radical (unpaired) electrons. The van der Waals surface area contributed by atoms with E-state index in [1.807, 2.05) is 53.2 Å². The van der Waals surface area contributed by atoms with Gasteiger partial charge in [0.05, 0.1) is 6.20 Å². The molecule has 19 heavy (non-hydrogen) atoms. The Kier molecular flexibility index (Phi) is 15.1. The van der Waals surface area contributed by atoms with Gasteiger partial charge in [-0.25, -0.2) is 0 Å². The Balaban J connectivity index is 0. The molecule has 0 aromatic carbocycles. The Morgan fingerprint density at radius 1 is 1.21 bits per heavy atom. The molecule has 2 heterocycles. The zero-order valence-electron chi connectivity index (χ0n) is 13.6. The Labute approximate surface area is 118 Å². The number of rotatable bonds is 2. The number of aromatic amines is 1. The van der Waals surface area contributed by atoms with Crippen LogP contribution in [0.3, 0.4) is 0 Å². The van der Waals surface area contributed by atoms with Crippen LogP contribution in [0.15, 0.2) is 24.7 Å². The normalized spacial score (nSPS) is 8.16. The average Bonchev–Trinajstić information content (AvgIpc) is 3.08. The molecule has 2 rings (SSSR count). The van der Waals surface area contributed by atoms with E-state index < -0.39 is 0 Å². The molecule has 0 spiro atoms. The summed E-state index contributed by atoms with van der Waals surface area (Å²) in [4.78, 5) is 0. The first-order chi connectivity index (χ1) is 9.24. The van der Waals surface area contributed by atoms with Gasteiger partial charge in [0.1, 0.15) is 0 Å². The van der Waals surface area contributed by atoms with Crippen LogP contribution in [0, 0.1) is 6.92 Å². The number of aromatic nitrogens is 4. The molecule has 0 amide bonds. The van der Waals surface area contributed by atoms with Crippen LogP contribution >= 0.6 is 0 Å². The number of aryl methyl sites for hydroxylation is 3. The second kappa shape index (κ2) is 14.5. The molecule has 4 heteroatoms. The van der Waals surface area contributed by atoms with E-state index in [1.54, 1.807) is 10.9 Å². The summed E-state index contributed by atoms with van der Waals surface area (Å²) in [5, 5.41) is 10.7. The highest BCUT2D eigenvalue weighted by Gasteiger charge is 1.95. The minimum atomic E-state index is 1.14. The Morgan fingerprint density at radius 2 is 1.84 bits per heavy atom. The molecular formula is C15H30N4. The predicted molar refractivity (Wildman–Crippen MR) is 83.2 cm³/mol. The third-order valence-electron chi connectivity index (χ3n) is 2.09. The predicted octanol–water partition coefficient (Wildman–Crippen LogP) is 4.14. The van der Waals surface area contributed by atoms with E-state index in [1.165, 1.54) is 17.7 Å². The number of hydrogen-bond acceptors (Lipinski definition) is 2. The van der Waals surface area contributed by atoms with E-state index in [0.29, 0.717) is 0 Å². The van der Waals surface area contributed by atoms with Crippen molar-refractivity contribution in [2.75, 3.05) is 0 Å². The first-order valence-corrected chi connectivity index (χ1v) is 7.16. The maximum atomic E-state index is 3.92. The first kappa shape index (κ1) is 19.8. The van der Waals surface area contributed by atoms with Gasteiger partial charge < -0.3 is 0 Å². The van der Waals surface area contributed by atoms with Gasteiger partial charge in [-0.15, -0.1) is 0 Å². The minimum absolute atomic E-state index is 1.14. The topological polar surface area (TPSA) is 46.5 Å². The zero-order chi connectivity index (χ0) is 15.1. The van der Waals surface area contributed by atoms with Crippen molar-refractivity contribution < 1.29 is 0 Å². The largest absolute Gasteiger partial charge is 0.283 e. The minimum Gasteiger partial charge on any atom is -0.283 e. The van der Waals surface area contributed by atoms with E-state index in [9.17, 15) is 0 Å². The summed E-state index contributed by atoms with van der Waals surface area (Å²) in [6.45, 7) is 12.2. The van der Waals surface area contributed by atoms with Gasteiger partial charge in [0.15, 0.2) is 0 Å². The summed E-state index contributed by atoms with van der Waals surface area (Å²) in [7, 11) is 1.89. The van der Waals surface area contributed by atoms with Crippen molar-refractivity contribution in [2.45, 2.75) is 54.4 Å². The van der Waals surface area contributed by atoms with E-state index >= 15 is 0 Å². The standard InChI is InChI=1S/C7H12N2.C4H6N2.2C2H6/c1-3-4-7-5-8-9-6(7)2;1-6-4-2-3-5-6;2*1-2/h5H,3-4H2,1-2H3,(H,8,9);2-4H,1H3;2*1-2H3. The van der Waals surface area contributed by atoms with Crippen molar-refractivity contribution in [1.82, 2.24) is 20.0 Å². The maximum absolute atomic E-state index is 3.92. The third kappa shape index (κ3) is 10.1. The number of hydrogen-bond donors (Lipinski definition) is 1. The van der Waals surface area contributed by atoms with E-state index in [4.69, 9.17) is 0 Å². The zero-order valence-corrected chi connectivity index (χ0v) is 13.6. The van der Waals surface area contributed by atoms with Crippen LogP contribution in [0.1, 0.15) is 52.3 Å². The van der Waals surface area contributed by atoms with Crippen molar-refractivity contribution in [3.8, 4) is 0 Å². The lowest BCUT2D eigenvalue weighted by molar-refractivity contribution is 0.768. The molecule has 0 aliphatic rings. The maximum Gasteiger partial charge on any atom is 0.0522 e. The molecule has 0 bridgehead atoms. The molecule has 0 aliphatic carbocycles. The van der Waals surface area contributed by atoms with Crippen LogP contribution in [0.4, 0.5) is 0 Å². The van der Waals surface area contributed by atoms with Crippen LogP contribution < -0.4 is 0 Å². The molecule has 4 nitrogen and oxygen atoms in total. The van der Waals surface area contributed by atoms with Crippen molar-refractivity contribution in [3.05, 3.63) is 35.9 Å². The molecular weight excluding hydrogens is 236 g/mol. The molecule has 0 unspecified atom stereocenters. The van der Waals surface area contributed by atoms with Crippen molar-refractivity contribution in [3.63, 3.8) is 0 Å². The molecule has 2 aromatic heterocycles. The summed E-state index contributed by atoms with van der Waals surface area (Å²) in [5.41, 5.74) is 2.55. The highest BCUT2D eigenvalue weighted by molar-refractivity contribution is 5.13. The number of nitrogens with zero attached hydrogens (tertiary/aromatic N) is 3. The lowest BCUT2D eigenvalue weighted by Gasteiger charge is -1.91. The fourth-order valence-corrected chi connectivity index (χ4v) is 1.24.